The lowest BCUT2D eigenvalue weighted by Gasteiger charge is -1.97. The Morgan fingerprint density at radius 3 is 2.48 bits per heavy atom. The van der Waals surface area contributed by atoms with Crippen molar-refractivity contribution in [3.63, 3.8) is 0 Å². The van der Waals surface area contributed by atoms with Crippen LogP contribution in [0, 0.1) is 11.3 Å². The van der Waals surface area contributed by atoms with Crippen LogP contribution in [0.15, 0.2) is 51.5 Å². The molecule has 0 spiro atoms. The fourth-order valence-corrected chi connectivity index (χ4v) is 2.28. The molecule has 0 saturated heterocycles. The number of hydrogen-bond donors (Lipinski definition) is 0. The molecule has 3 aromatic rings. The minimum atomic E-state index is 0.403. The van der Waals surface area contributed by atoms with E-state index in [4.69, 9.17) is 21.4 Å². The summed E-state index contributed by atoms with van der Waals surface area (Å²) in [5.41, 5.74) is 2.15. The van der Waals surface area contributed by atoms with Crippen LogP contribution in [0.2, 0.25) is 5.02 Å². The molecule has 0 radical (unpaired) electrons. The molecule has 1 aromatic heterocycles. The van der Waals surface area contributed by atoms with Gasteiger partial charge in [-0.05, 0) is 58.4 Å². The summed E-state index contributed by atoms with van der Waals surface area (Å²) in [7, 11) is 0. The van der Waals surface area contributed by atoms with Crippen LogP contribution in [0.5, 0.6) is 0 Å². The third kappa shape index (κ3) is 2.82. The van der Waals surface area contributed by atoms with Crippen LogP contribution in [-0.4, -0.2) is 10.1 Å². The van der Waals surface area contributed by atoms with Gasteiger partial charge in [0.05, 0.1) is 16.7 Å². The quantitative estimate of drug-likeness (QED) is 0.665. The van der Waals surface area contributed by atoms with E-state index in [0.717, 1.165) is 15.6 Å². The van der Waals surface area contributed by atoms with E-state index in [9.17, 15) is 0 Å². The van der Waals surface area contributed by atoms with E-state index in [2.05, 4.69) is 32.1 Å². The summed E-state index contributed by atoms with van der Waals surface area (Å²) in [5.74, 6) is 0.882. The highest BCUT2D eigenvalue weighted by Crippen LogP contribution is 2.28. The summed E-state index contributed by atoms with van der Waals surface area (Å²) in [4.78, 5) is 4.35. The molecule has 0 aliphatic heterocycles. The number of aromatic nitrogens is 2. The summed E-state index contributed by atoms with van der Waals surface area (Å²) in [5, 5.41) is 13.4. The minimum absolute atomic E-state index is 0.403. The van der Waals surface area contributed by atoms with Gasteiger partial charge in [-0.3, -0.25) is 0 Å². The second kappa shape index (κ2) is 5.68. The van der Waals surface area contributed by atoms with Gasteiger partial charge in [-0.15, -0.1) is 0 Å². The van der Waals surface area contributed by atoms with Gasteiger partial charge in [0, 0.05) is 15.6 Å². The SMILES string of the molecule is N#Cc1ccc(-c2nc(-c3ccc(Cl)c(Br)c3)no2)cc1. The first kappa shape index (κ1) is 13.8. The Morgan fingerprint density at radius 2 is 1.81 bits per heavy atom. The zero-order valence-electron chi connectivity index (χ0n) is 10.5. The predicted molar refractivity (Wildman–Crippen MR) is 82.6 cm³/mol. The maximum Gasteiger partial charge on any atom is 0.258 e. The Labute approximate surface area is 134 Å². The van der Waals surface area contributed by atoms with Crippen LogP contribution in [0.3, 0.4) is 0 Å². The average Bonchev–Trinajstić information content (AvgIpc) is 3.00. The molecule has 3 rings (SSSR count). The normalized spacial score (nSPS) is 10.3. The van der Waals surface area contributed by atoms with Crippen molar-refractivity contribution in [2.24, 2.45) is 0 Å². The minimum Gasteiger partial charge on any atom is -0.334 e. The molecule has 2 aromatic carbocycles. The third-order valence-electron chi connectivity index (χ3n) is 2.86. The van der Waals surface area contributed by atoms with Gasteiger partial charge in [0.25, 0.3) is 5.89 Å². The standard InChI is InChI=1S/C15H7BrClN3O/c16-12-7-11(5-6-13(12)17)14-19-15(21-20-14)10-3-1-9(8-18)2-4-10/h1-7H. The molecule has 0 amide bonds. The Bertz CT molecular complexity index is 837. The second-order valence-electron chi connectivity index (χ2n) is 4.24. The lowest BCUT2D eigenvalue weighted by molar-refractivity contribution is 0.432. The van der Waals surface area contributed by atoms with Gasteiger partial charge in [0.2, 0.25) is 5.82 Å². The van der Waals surface area contributed by atoms with Crippen molar-refractivity contribution in [3.8, 4) is 28.9 Å². The molecule has 0 atom stereocenters. The predicted octanol–water partition coefficient (Wildman–Crippen LogP) is 4.69. The summed E-state index contributed by atoms with van der Waals surface area (Å²) in [6.45, 7) is 0. The number of nitriles is 1. The van der Waals surface area contributed by atoms with Crippen LogP contribution in [0.1, 0.15) is 5.56 Å². The molecule has 4 nitrogen and oxygen atoms in total. The lowest BCUT2D eigenvalue weighted by atomic mass is 10.1. The van der Waals surface area contributed by atoms with E-state index in [1.807, 2.05) is 12.1 Å². The molecular formula is C15H7BrClN3O. The Kier molecular flexibility index (Phi) is 3.74. The van der Waals surface area contributed by atoms with Gasteiger partial charge in [-0.25, -0.2) is 0 Å². The molecule has 0 unspecified atom stereocenters. The number of rotatable bonds is 2. The smallest absolute Gasteiger partial charge is 0.258 e. The van der Waals surface area contributed by atoms with Crippen LogP contribution >= 0.6 is 27.5 Å². The van der Waals surface area contributed by atoms with Crippen molar-refractivity contribution in [1.29, 1.82) is 5.26 Å². The maximum absolute atomic E-state index is 8.78. The molecule has 1 heterocycles. The number of halogens is 2. The summed E-state index contributed by atoms with van der Waals surface area (Å²) in [6, 6.07) is 14.4. The summed E-state index contributed by atoms with van der Waals surface area (Å²) < 4.78 is 6.03. The monoisotopic (exact) mass is 359 g/mol. The van der Waals surface area contributed by atoms with E-state index in [0.29, 0.717) is 22.3 Å². The van der Waals surface area contributed by atoms with E-state index in [1.54, 1.807) is 30.3 Å². The fraction of sp³-hybridized carbons (Fsp3) is 0. The molecule has 0 bridgehead atoms. The Morgan fingerprint density at radius 1 is 1.10 bits per heavy atom. The van der Waals surface area contributed by atoms with Gasteiger partial charge in [-0.2, -0.15) is 10.2 Å². The zero-order chi connectivity index (χ0) is 14.8. The van der Waals surface area contributed by atoms with Crippen molar-refractivity contribution in [3.05, 3.63) is 57.5 Å². The molecule has 0 saturated carbocycles. The summed E-state index contributed by atoms with van der Waals surface area (Å²) >= 11 is 9.32. The molecule has 0 fully saturated rings. The first-order valence-corrected chi connectivity index (χ1v) is 7.14. The highest BCUT2D eigenvalue weighted by molar-refractivity contribution is 9.10. The van der Waals surface area contributed by atoms with Gasteiger partial charge < -0.3 is 4.52 Å². The van der Waals surface area contributed by atoms with Gasteiger partial charge >= 0.3 is 0 Å². The lowest BCUT2D eigenvalue weighted by Crippen LogP contribution is -1.82. The first-order valence-electron chi connectivity index (χ1n) is 5.97. The van der Waals surface area contributed by atoms with Crippen LogP contribution in [-0.2, 0) is 0 Å². The second-order valence-corrected chi connectivity index (χ2v) is 5.50. The third-order valence-corrected chi connectivity index (χ3v) is 4.08. The van der Waals surface area contributed by atoms with Crippen molar-refractivity contribution < 1.29 is 4.52 Å². The highest BCUT2D eigenvalue weighted by Gasteiger charge is 2.11. The largest absolute Gasteiger partial charge is 0.334 e. The molecule has 21 heavy (non-hydrogen) atoms. The van der Waals surface area contributed by atoms with Gasteiger partial charge in [0.1, 0.15) is 0 Å². The van der Waals surface area contributed by atoms with E-state index < -0.39 is 0 Å². The number of benzene rings is 2. The van der Waals surface area contributed by atoms with E-state index in [-0.39, 0.29) is 0 Å². The molecule has 0 aliphatic carbocycles. The molecule has 0 N–H and O–H groups in total. The maximum atomic E-state index is 8.78. The van der Waals surface area contributed by atoms with Crippen LogP contribution < -0.4 is 0 Å². The van der Waals surface area contributed by atoms with Crippen molar-refractivity contribution in [1.82, 2.24) is 10.1 Å². The van der Waals surface area contributed by atoms with Crippen LogP contribution in [0.4, 0.5) is 0 Å². The molecule has 6 heteroatoms. The number of hydrogen-bond acceptors (Lipinski definition) is 4. The number of nitrogens with zero attached hydrogens (tertiary/aromatic N) is 3. The van der Waals surface area contributed by atoms with Crippen LogP contribution in [0.25, 0.3) is 22.8 Å². The fourth-order valence-electron chi connectivity index (χ4n) is 1.78. The highest BCUT2D eigenvalue weighted by atomic mass is 79.9. The molecular weight excluding hydrogens is 354 g/mol. The molecule has 0 aliphatic rings. The Hall–Kier alpha value is -2.16. The average molecular weight is 361 g/mol. The van der Waals surface area contributed by atoms with Gasteiger partial charge in [-0.1, -0.05) is 16.8 Å². The van der Waals surface area contributed by atoms with Crippen molar-refractivity contribution >= 4 is 27.5 Å². The molecule has 102 valence electrons. The first-order chi connectivity index (χ1) is 10.2. The van der Waals surface area contributed by atoms with E-state index >= 15 is 0 Å². The van der Waals surface area contributed by atoms with Crippen molar-refractivity contribution in [2.75, 3.05) is 0 Å². The van der Waals surface area contributed by atoms with E-state index in [1.165, 1.54) is 0 Å². The zero-order valence-corrected chi connectivity index (χ0v) is 12.9. The van der Waals surface area contributed by atoms with Crippen molar-refractivity contribution in [2.45, 2.75) is 0 Å². The van der Waals surface area contributed by atoms with Gasteiger partial charge in [0.15, 0.2) is 0 Å². The summed E-state index contributed by atoms with van der Waals surface area (Å²) in [6.07, 6.45) is 0. The Balaban J connectivity index is 1.95. The topological polar surface area (TPSA) is 62.7 Å².